The molecule has 2 unspecified atom stereocenters. The molecule has 0 spiro atoms. The fourth-order valence-corrected chi connectivity index (χ4v) is 3.27. The van der Waals surface area contributed by atoms with E-state index in [-0.39, 0.29) is 30.5 Å². The van der Waals surface area contributed by atoms with Crippen molar-refractivity contribution in [2.75, 3.05) is 13.2 Å². The molecule has 0 aromatic heterocycles. The van der Waals surface area contributed by atoms with Gasteiger partial charge in [-0.05, 0) is 24.5 Å². The van der Waals surface area contributed by atoms with E-state index in [1.165, 1.54) is 18.2 Å². The SMILES string of the molecule is OC1(c2ccccc2C(F)(F)F)CC2COCC(C1)N2. The molecule has 2 heterocycles. The Bertz CT molecular complexity index is 491. The molecule has 20 heavy (non-hydrogen) atoms. The van der Waals surface area contributed by atoms with Gasteiger partial charge in [-0.2, -0.15) is 13.2 Å². The lowest BCUT2D eigenvalue weighted by Crippen LogP contribution is -2.58. The molecule has 2 fully saturated rings. The lowest BCUT2D eigenvalue weighted by molar-refractivity contribution is -0.143. The second-order valence-corrected chi connectivity index (χ2v) is 5.58. The number of hydrogen-bond donors (Lipinski definition) is 2. The van der Waals surface area contributed by atoms with Crippen molar-refractivity contribution in [3.8, 4) is 0 Å². The maximum absolute atomic E-state index is 13.1. The van der Waals surface area contributed by atoms with Gasteiger partial charge < -0.3 is 15.2 Å². The highest BCUT2D eigenvalue weighted by molar-refractivity contribution is 5.35. The summed E-state index contributed by atoms with van der Waals surface area (Å²) in [6.07, 6.45) is -3.99. The van der Waals surface area contributed by atoms with Gasteiger partial charge in [0.25, 0.3) is 0 Å². The lowest BCUT2D eigenvalue weighted by atomic mass is 9.76. The molecule has 110 valence electrons. The van der Waals surface area contributed by atoms with Gasteiger partial charge in [0.15, 0.2) is 0 Å². The molecular weight excluding hydrogens is 271 g/mol. The molecule has 3 rings (SSSR count). The molecule has 0 radical (unpaired) electrons. The van der Waals surface area contributed by atoms with Crippen molar-refractivity contribution in [1.82, 2.24) is 5.32 Å². The third kappa shape index (κ3) is 2.43. The van der Waals surface area contributed by atoms with Gasteiger partial charge in [-0.3, -0.25) is 0 Å². The molecule has 0 saturated carbocycles. The molecule has 2 aliphatic rings. The Morgan fingerprint density at radius 3 is 2.35 bits per heavy atom. The van der Waals surface area contributed by atoms with Crippen molar-refractivity contribution in [1.29, 1.82) is 0 Å². The number of aliphatic hydroxyl groups is 1. The van der Waals surface area contributed by atoms with Crippen LogP contribution in [0.25, 0.3) is 0 Å². The van der Waals surface area contributed by atoms with Crippen LogP contribution in [-0.4, -0.2) is 30.4 Å². The minimum Gasteiger partial charge on any atom is -0.385 e. The number of alkyl halides is 3. The Kier molecular flexibility index (Phi) is 3.27. The maximum atomic E-state index is 13.1. The molecule has 2 bridgehead atoms. The Morgan fingerprint density at radius 1 is 1.15 bits per heavy atom. The molecule has 2 saturated heterocycles. The van der Waals surface area contributed by atoms with Crippen LogP contribution in [0.4, 0.5) is 13.2 Å². The van der Waals surface area contributed by atoms with Crippen LogP contribution in [0.1, 0.15) is 24.0 Å². The van der Waals surface area contributed by atoms with Crippen molar-refractivity contribution < 1.29 is 23.0 Å². The van der Waals surface area contributed by atoms with Gasteiger partial charge >= 0.3 is 6.18 Å². The average Bonchev–Trinajstić information content (AvgIpc) is 2.37. The molecule has 2 atom stereocenters. The van der Waals surface area contributed by atoms with Gasteiger partial charge in [0.05, 0.1) is 24.4 Å². The molecule has 6 heteroatoms. The van der Waals surface area contributed by atoms with Crippen molar-refractivity contribution in [3.05, 3.63) is 35.4 Å². The first-order valence-corrected chi connectivity index (χ1v) is 6.61. The number of halogens is 3. The Balaban J connectivity index is 2.00. The number of ether oxygens (including phenoxy) is 1. The van der Waals surface area contributed by atoms with E-state index in [4.69, 9.17) is 4.74 Å². The standard InChI is InChI=1S/C14H16F3NO2/c15-14(16,17)12-4-2-1-3-11(12)13(19)5-9-7-20-8-10(6-13)18-9/h1-4,9-10,18-19H,5-8H2. The quantitative estimate of drug-likeness (QED) is 0.830. The zero-order valence-electron chi connectivity index (χ0n) is 10.8. The Morgan fingerprint density at radius 2 is 1.75 bits per heavy atom. The fraction of sp³-hybridized carbons (Fsp3) is 0.571. The highest BCUT2D eigenvalue weighted by Crippen LogP contribution is 2.42. The van der Waals surface area contributed by atoms with Gasteiger partial charge in [0.1, 0.15) is 0 Å². The first-order valence-electron chi connectivity index (χ1n) is 6.61. The first kappa shape index (κ1) is 13.9. The van der Waals surface area contributed by atoms with Gasteiger partial charge in [0, 0.05) is 12.1 Å². The summed E-state index contributed by atoms with van der Waals surface area (Å²) in [5, 5.41) is 14.1. The predicted molar refractivity (Wildman–Crippen MR) is 66.1 cm³/mol. The van der Waals surface area contributed by atoms with E-state index >= 15 is 0 Å². The van der Waals surface area contributed by atoms with E-state index in [1.807, 2.05) is 0 Å². The predicted octanol–water partition coefficient (Wildman–Crippen LogP) is 2.04. The Labute approximate surface area is 114 Å². The average molecular weight is 287 g/mol. The molecule has 2 N–H and O–H groups in total. The summed E-state index contributed by atoms with van der Waals surface area (Å²) in [7, 11) is 0. The highest BCUT2D eigenvalue weighted by atomic mass is 19.4. The van der Waals surface area contributed by atoms with Crippen LogP contribution in [0.5, 0.6) is 0 Å². The van der Waals surface area contributed by atoms with Crippen LogP contribution in [0.3, 0.4) is 0 Å². The first-order chi connectivity index (χ1) is 9.38. The van der Waals surface area contributed by atoms with Crippen molar-refractivity contribution in [3.63, 3.8) is 0 Å². The normalized spacial score (nSPS) is 34.0. The minimum atomic E-state index is -4.46. The number of rotatable bonds is 1. The Hall–Kier alpha value is -1.11. The van der Waals surface area contributed by atoms with Crippen LogP contribution in [0, 0.1) is 0 Å². The molecule has 1 aromatic rings. The van der Waals surface area contributed by atoms with Gasteiger partial charge in [-0.25, -0.2) is 0 Å². The second kappa shape index (κ2) is 4.72. The number of hydrogen-bond acceptors (Lipinski definition) is 3. The summed E-state index contributed by atoms with van der Waals surface area (Å²) in [5.41, 5.74) is -2.22. The van der Waals surface area contributed by atoms with Gasteiger partial charge in [-0.1, -0.05) is 18.2 Å². The molecule has 1 aromatic carbocycles. The van der Waals surface area contributed by atoms with E-state index < -0.39 is 17.3 Å². The summed E-state index contributed by atoms with van der Waals surface area (Å²) in [6, 6.07) is 5.09. The second-order valence-electron chi connectivity index (χ2n) is 5.58. The molecule has 0 aliphatic carbocycles. The zero-order chi connectivity index (χ0) is 14.4. The highest BCUT2D eigenvalue weighted by Gasteiger charge is 2.46. The van der Waals surface area contributed by atoms with Crippen LogP contribution >= 0.6 is 0 Å². The van der Waals surface area contributed by atoms with Crippen LogP contribution in [0.2, 0.25) is 0 Å². The summed E-state index contributed by atoms with van der Waals surface area (Å²) in [6.45, 7) is 0.847. The number of fused-ring (bicyclic) bond motifs is 2. The minimum absolute atomic E-state index is 0.0223. The molecule has 3 nitrogen and oxygen atoms in total. The lowest BCUT2D eigenvalue weighted by Gasteiger charge is -2.45. The van der Waals surface area contributed by atoms with Crippen molar-refractivity contribution in [2.45, 2.75) is 36.7 Å². The van der Waals surface area contributed by atoms with E-state index in [0.29, 0.717) is 13.2 Å². The molecular formula is C14H16F3NO2. The van der Waals surface area contributed by atoms with E-state index in [0.717, 1.165) is 6.07 Å². The van der Waals surface area contributed by atoms with E-state index in [9.17, 15) is 18.3 Å². The van der Waals surface area contributed by atoms with Crippen LogP contribution in [0.15, 0.2) is 24.3 Å². The van der Waals surface area contributed by atoms with Crippen molar-refractivity contribution in [2.24, 2.45) is 0 Å². The van der Waals surface area contributed by atoms with Gasteiger partial charge in [0.2, 0.25) is 0 Å². The zero-order valence-corrected chi connectivity index (χ0v) is 10.8. The maximum Gasteiger partial charge on any atom is 0.416 e. The summed E-state index contributed by atoms with van der Waals surface area (Å²) >= 11 is 0. The number of benzene rings is 1. The largest absolute Gasteiger partial charge is 0.416 e. The third-order valence-electron chi connectivity index (χ3n) is 4.01. The summed E-state index contributed by atoms with van der Waals surface area (Å²) in [4.78, 5) is 0. The fourth-order valence-electron chi connectivity index (χ4n) is 3.27. The van der Waals surface area contributed by atoms with E-state index in [2.05, 4.69) is 5.32 Å². The smallest absolute Gasteiger partial charge is 0.385 e. The number of morpholine rings is 1. The molecule has 0 amide bonds. The van der Waals surface area contributed by atoms with Crippen molar-refractivity contribution >= 4 is 0 Å². The number of nitrogens with one attached hydrogen (secondary N) is 1. The summed E-state index contributed by atoms with van der Waals surface area (Å²) in [5.74, 6) is 0. The third-order valence-corrected chi connectivity index (χ3v) is 4.01. The summed E-state index contributed by atoms with van der Waals surface area (Å²) < 4.78 is 44.7. The van der Waals surface area contributed by atoms with Crippen LogP contribution in [-0.2, 0) is 16.5 Å². The van der Waals surface area contributed by atoms with Gasteiger partial charge in [-0.15, -0.1) is 0 Å². The van der Waals surface area contributed by atoms with E-state index in [1.54, 1.807) is 0 Å². The van der Waals surface area contributed by atoms with Crippen LogP contribution < -0.4 is 5.32 Å². The molecule has 2 aliphatic heterocycles. The topological polar surface area (TPSA) is 41.5 Å². The number of piperidine rings is 1. The monoisotopic (exact) mass is 287 g/mol.